The molecule has 0 saturated carbocycles. The van der Waals surface area contributed by atoms with Crippen molar-refractivity contribution in [1.29, 1.82) is 0 Å². The van der Waals surface area contributed by atoms with Crippen molar-refractivity contribution in [2.45, 2.75) is 18.9 Å². The average Bonchev–Trinajstić information content (AvgIpc) is 3.01. The number of hydrogen-bond donors (Lipinski definition) is 2. The Morgan fingerprint density at radius 3 is 2.91 bits per heavy atom. The molecule has 2 aromatic heterocycles. The minimum atomic E-state index is 0.411. The summed E-state index contributed by atoms with van der Waals surface area (Å²) in [5.41, 5.74) is 1.92. The number of rotatable bonds is 3. The SMILES string of the molecule is Ic1cccc(Nc2ncnc3c2cnn3C2CCNCC2)c1. The van der Waals surface area contributed by atoms with Crippen molar-refractivity contribution < 1.29 is 0 Å². The van der Waals surface area contributed by atoms with Gasteiger partial charge in [-0.15, -0.1) is 0 Å². The first-order valence-corrected chi connectivity index (χ1v) is 8.80. The fourth-order valence-electron chi connectivity index (χ4n) is 2.98. The monoisotopic (exact) mass is 420 g/mol. The van der Waals surface area contributed by atoms with Crippen molar-refractivity contribution in [1.82, 2.24) is 25.1 Å². The molecule has 4 rings (SSSR count). The number of fused-ring (bicyclic) bond motifs is 1. The minimum Gasteiger partial charge on any atom is -0.339 e. The summed E-state index contributed by atoms with van der Waals surface area (Å²) >= 11 is 2.30. The Morgan fingerprint density at radius 2 is 2.09 bits per heavy atom. The Bertz CT molecular complexity index is 824. The van der Waals surface area contributed by atoms with Crippen molar-refractivity contribution >= 4 is 45.1 Å². The Labute approximate surface area is 147 Å². The predicted molar refractivity (Wildman–Crippen MR) is 98.9 cm³/mol. The molecule has 7 heteroatoms. The second-order valence-electron chi connectivity index (χ2n) is 5.67. The molecule has 23 heavy (non-hydrogen) atoms. The van der Waals surface area contributed by atoms with E-state index in [-0.39, 0.29) is 0 Å². The van der Waals surface area contributed by atoms with Gasteiger partial charge in [0.15, 0.2) is 5.65 Å². The summed E-state index contributed by atoms with van der Waals surface area (Å²) in [5.74, 6) is 0.803. The quantitative estimate of drug-likeness (QED) is 0.638. The first-order valence-electron chi connectivity index (χ1n) is 7.73. The van der Waals surface area contributed by atoms with Crippen LogP contribution in [0.25, 0.3) is 11.0 Å². The van der Waals surface area contributed by atoms with Gasteiger partial charge in [0.1, 0.15) is 12.1 Å². The third-order valence-corrected chi connectivity index (χ3v) is 4.80. The van der Waals surface area contributed by atoms with Gasteiger partial charge in [0.05, 0.1) is 17.6 Å². The van der Waals surface area contributed by atoms with Crippen molar-refractivity contribution in [2.75, 3.05) is 18.4 Å². The highest BCUT2D eigenvalue weighted by molar-refractivity contribution is 14.1. The van der Waals surface area contributed by atoms with Crippen LogP contribution >= 0.6 is 22.6 Å². The molecule has 0 spiro atoms. The number of piperidine rings is 1. The molecule has 1 aliphatic heterocycles. The third kappa shape index (κ3) is 3.02. The Hall–Kier alpha value is -1.74. The predicted octanol–water partition coefficient (Wildman–Crippen LogP) is 3.10. The number of benzene rings is 1. The van der Waals surface area contributed by atoms with Crippen LogP contribution in [0, 0.1) is 3.57 Å². The molecule has 3 aromatic rings. The maximum Gasteiger partial charge on any atom is 0.163 e. The van der Waals surface area contributed by atoms with E-state index in [9.17, 15) is 0 Å². The van der Waals surface area contributed by atoms with Gasteiger partial charge in [-0.1, -0.05) is 6.07 Å². The normalized spacial score (nSPS) is 15.9. The van der Waals surface area contributed by atoms with Gasteiger partial charge in [-0.05, 0) is 66.7 Å². The molecule has 6 nitrogen and oxygen atoms in total. The fraction of sp³-hybridized carbons (Fsp3) is 0.312. The summed E-state index contributed by atoms with van der Waals surface area (Å²) in [7, 11) is 0. The molecular weight excluding hydrogens is 403 g/mol. The molecule has 1 fully saturated rings. The van der Waals surface area contributed by atoms with E-state index in [0.717, 1.165) is 48.5 Å². The Morgan fingerprint density at radius 1 is 1.22 bits per heavy atom. The zero-order valence-corrected chi connectivity index (χ0v) is 14.7. The van der Waals surface area contributed by atoms with Crippen LogP contribution in [-0.2, 0) is 0 Å². The third-order valence-electron chi connectivity index (χ3n) is 4.13. The maximum absolute atomic E-state index is 4.58. The molecule has 0 bridgehead atoms. The van der Waals surface area contributed by atoms with Gasteiger partial charge < -0.3 is 10.6 Å². The number of anilines is 2. The smallest absolute Gasteiger partial charge is 0.163 e. The van der Waals surface area contributed by atoms with Gasteiger partial charge in [-0.25, -0.2) is 14.6 Å². The van der Waals surface area contributed by atoms with E-state index in [1.165, 1.54) is 3.57 Å². The lowest BCUT2D eigenvalue weighted by Gasteiger charge is -2.23. The minimum absolute atomic E-state index is 0.411. The van der Waals surface area contributed by atoms with Crippen molar-refractivity contribution in [3.8, 4) is 0 Å². The largest absolute Gasteiger partial charge is 0.339 e. The molecule has 1 aromatic carbocycles. The number of nitrogens with one attached hydrogen (secondary N) is 2. The van der Waals surface area contributed by atoms with Crippen LogP contribution in [0.4, 0.5) is 11.5 Å². The number of halogens is 1. The highest BCUT2D eigenvalue weighted by Crippen LogP contribution is 2.27. The van der Waals surface area contributed by atoms with E-state index in [4.69, 9.17) is 0 Å². The van der Waals surface area contributed by atoms with E-state index in [1.807, 2.05) is 18.3 Å². The number of hydrogen-bond acceptors (Lipinski definition) is 5. The first-order chi connectivity index (χ1) is 11.3. The van der Waals surface area contributed by atoms with Gasteiger partial charge in [0.2, 0.25) is 0 Å². The zero-order valence-electron chi connectivity index (χ0n) is 12.5. The lowest BCUT2D eigenvalue weighted by molar-refractivity contribution is 0.349. The van der Waals surface area contributed by atoms with E-state index >= 15 is 0 Å². The molecule has 0 aliphatic carbocycles. The molecule has 1 aliphatic rings. The van der Waals surface area contributed by atoms with Crippen LogP contribution in [0.2, 0.25) is 0 Å². The Balaban J connectivity index is 1.69. The number of aromatic nitrogens is 4. The maximum atomic E-state index is 4.58. The molecule has 3 heterocycles. The lowest BCUT2D eigenvalue weighted by atomic mass is 10.1. The van der Waals surface area contributed by atoms with Crippen LogP contribution in [0.15, 0.2) is 36.8 Å². The topological polar surface area (TPSA) is 67.7 Å². The van der Waals surface area contributed by atoms with Gasteiger partial charge in [-0.2, -0.15) is 5.10 Å². The molecule has 1 saturated heterocycles. The summed E-state index contributed by atoms with van der Waals surface area (Å²) < 4.78 is 3.24. The molecule has 2 N–H and O–H groups in total. The van der Waals surface area contributed by atoms with E-state index < -0.39 is 0 Å². The van der Waals surface area contributed by atoms with Crippen LogP contribution < -0.4 is 10.6 Å². The second-order valence-corrected chi connectivity index (χ2v) is 6.91. The van der Waals surface area contributed by atoms with Crippen LogP contribution in [-0.4, -0.2) is 32.8 Å². The fourth-order valence-corrected chi connectivity index (χ4v) is 3.53. The van der Waals surface area contributed by atoms with Crippen molar-refractivity contribution in [3.05, 3.63) is 40.4 Å². The van der Waals surface area contributed by atoms with Crippen LogP contribution in [0.5, 0.6) is 0 Å². The lowest BCUT2D eigenvalue weighted by Crippen LogP contribution is -2.29. The van der Waals surface area contributed by atoms with Gasteiger partial charge in [0, 0.05) is 9.26 Å². The van der Waals surface area contributed by atoms with Crippen LogP contribution in [0.3, 0.4) is 0 Å². The zero-order chi connectivity index (χ0) is 15.6. The Kier molecular flexibility index (Phi) is 4.13. The summed E-state index contributed by atoms with van der Waals surface area (Å²) in [5, 5.41) is 12.3. The standard InChI is InChI=1S/C16H17IN6/c17-11-2-1-3-12(8-11)22-15-14-9-21-23(16(14)20-10-19-15)13-4-6-18-7-5-13/h1-3,8-10,13,18H,4-7H2,(H,19,20,22). The van der Waals surface area contributed by atoms with Crippen LogP contribution in [0.1, 0.15) is 18.9 Å². The van der Waals surface area contributed by atoms with Gasteiger partial charge in [-0.3, -0.25) is 0 Å². The molecule has 0 unspecified atom stereocenters. The van der Waals surface area contributed by atoms with E-state index in [2.05, 4.69) is 65.1 Å². The number of nitrogens with zero attached hydrogens (tertiary/aromatic N) is 4. The summed E-state index contributed by atoms with van der Waals surface area (Å²) in [6.45, 7) is 2.06. The summed E-state index contributed by atoms with van der Waals surface area (Å²) in [6.07, 6.45) is 5.65. The molecule has 0 amide bonds. The second kappa shape index (κ2) is 6.40. The van der Waals surface area contributed by atoms with E-state index in [0.29, 0.717) is 6.04 Å². The van der Waals surface area contributed by atoms with Gasteiger partial charge in [0.25, 0.3) is 0 Å². The van der Waals surface area contributed by atoms with E-state index in [1.54, 1.807) is 6.33 Å². The summed E-state index contributed by atoms with van der Waals surface area (Å²) in [4.78, 5) is 8.86. The highest BCUT2D eigenvalue weighted by atomic mass is 127. The molecular formula is C16H17IN6. The van der Waals surface area contributed by atoms with Gasteiger partial charge >= 0.3 is 0 Å². The highest BCUT2D eigenvalue weighted by Gasteiger charge is 2.19. The average molecular weight is 420 g/mol. The van der Waals surface area contributed by atoms with Crippen molar-refractivity contribution in [2.24, 2.45) is 0 Å². The molecule has 0 atom stereocenters. The van der Waals surface area contributed by atoms with Crippen molar-refractivity contribution in [3.63, 3.8) is 0 Å². The summed E-state index contributed by atoms with van der Waals surface area (Å²) in [6, 6.07) is 8.63. The molecule has 0 radical (unpaired) electrons. The first kappa shape index (κ1) is 14.8. The molecule has 118 valence electrons.